The zero-order valence-electron chi connectivity index (χ0n) is 14.4. The number of thioether (sulfide) groups is 1. The van der Waals surface area contributed by atoms with Crippen LogP contribution in [0, 0.1) is 0 Å². The van der Waals surface area contributed by atoms with Gasteiger partial charge in [0, 0.05) is 36.0 Å². The number of rotatable bonds is 9. The van der Waals surface area contributed by atoms with E-state index in [0.29, 0.717) is 25.4 Å². The molecule has 0 bridgehead atoms. The predicted molar refractivity (Wildman–Crippen MR) is 103 cm³/mol. The first-order chi connectivity index (χ1) is 12.1. The molecular weight excluding hydrogens is 356 g/mol. The summed E-state index contributed by atoms with van der Waals surface area (Å²) in [6, 6.07) is 11.5. The number of benzene rings is 1. The van der Waals surface area contributed by atoms with Crippen molar-refractivity contribution < 1.29 is 14.3 Å². The Kier molecular flexibility index (Phi) is 7.97. The first kappa shape index (κ1) is 19.5. The molecule has 0 spiro atoms. The highest BCUT2D eigenvalue weighted by molar-refractivity contribution is 8.00. The van der Waals surface area contributed by atoms with Crippen molar-refractivity contribution in [1.29, 1.82) is 0 Å². The monoisotopic (exact) mass is 378 g/mol. The van der Waals surface area contributed by atoms with Gasteiger partial charge in [-0.15, -0.1) is 23.1 Å². The van der Waals surface area contributed by atoms with E-state index in [2.05, 4.69) is 5.32 Å². The number of anilines is 1. The van der Waals surface area contributed by atoms with Crippen LogP contribution in [-0.4, -0.2) is 42.7 Å². The van der Waals surface area contributed by atoms with Gasteiger partial charge in [0.1, 0.15) is 0 Å². The molecule has 2 rings (SSSR count). The molecule has 0 radical (unpaired) electrons. The lowest BCUT2D eigenvalue weighted by Gasteiger charge is -2.21. The molecule has 1 aromatic heterocycles. The molecule has 0 saturated carbocycles. The Hall–Kier alpha value is -1.83. The third-order valence-electron chi connectivity index (χ3n) is 3.38. The molecule has 5 nitrogen and oxygen atoms in total. The molecule has 134 valence electrons. The van der Waals surface area contributed by atoms with Crippen LogP contribution >= 0.6 is 23.1 Å². The maximum absolute atomic E-state index is 12.6. The summed E-state index contributed by atoms with van der Waals surface area (Å²) in [6.45, 7) is 3.19. The molecule has 0 aliphatic heterocycles. The summed E-state index contributed by atoms with van der Waals surface area (Å²) in [5, 5.41) is 4.74. The molecule has 1 heterocycles. The van der Waals surface area contributed by atoms with Gasteiger partial charge < -0.3 is 15.0 Å². The fourth-order valence-electron chi connectivity index (χ4n) is 2.16. The second-order valence-corrected chi connectivity index (χ2v) is 7.46. The average Bonchev–Trinajstić information content (AvgIpc) is 3.10. The summed E-state index contributed by atoms with van der Waals surface area (Å²) in [4.78, 5) is 27.6. The van der Waals surface area contributed by atoms with E-state index in [-0.39, 0.29) is 11.8 Å². The molecule has 0 atom stereocenters. The normalized spacial score (nSPS) is 10.5. The summed E-state index contributed by atoms with van der Waals surface area (Å²) in [5.41, 5.74) is 0.752. The number of thiophene rings is 1. The van der Waals surface area contributed by atoms with Crippen LogP contribution in [0.25, 0.3) is 0 Å². The van der Waals surface area contributed by atoms with Gasteiger partial charge in [0.25, 0.3) is 0 Å². The van der Waals surface area contributed by atoms with Crippen molar-refractivity contribution in [1.82, 2.24) is 4.90 Å². The molecule has 25 heavy (non-hydrogen) atoms. The van der Waals surface area contributed by atoms with Gasteiger partial charge in [-0.25, -0.2) is 0 Å². The van der Waals surface area contributed by atoms with E-state index in [9.17, 15) is 9.59 Å². The average molecular weight is 379 g/mol. The molecule has 0 aliphatic rings. The molecule has 1 N–H and O–H groups in total. The molecule has 7 heteroatoms. The Balaban J connectivity index is 1.89. The SMILES string of the molecule is COCCN(Cc1cccs1)C(=O)CSc1ccc(NC(C)=O)cc1. The maximum Gasteiger partial charge on any atom is 0.233 e. The van der Waals surface area contributed by atoms with Crippen LogP contribution in [0.15, 0.2) is 46.7 Å². The number of nitrogens with zero attached hydrogens (tertiary/aromatic N) is 1. The van der Waals surface area contributed by atoms with Crippen LogP contribution in [0.4, 0.5) is 5.69 Å². The molecule has 1 aromatic carbocycles. The Labute approximate surface area is 156 Å². The number of carbonyl (C=O) groups excluding carboxylic acids is 2. The van der Waals surface area contributed by atoms with Gasteiger partial charge in [-0.05, 0) is 35.7 Å². The van der Waals surface area contributed by atoms with Gasteiger partial charge in [-0.3, -0.25) is 9.59 Å². The number of nitrogens with one attached hydrogen (secondary N) is 1. The fourth-order valence-corrected chi connectivity index (χ4v) is 3.68. The highest BCUT2D eigenvalue weighted by atomic mass is 32.2. The lowest BCUT2D eigenvalue weighted by molar-refractivity contribution is -0.129. The zero-order valence-corrected chi connectivity index (χ0v) is 16.0. The number of amides is 2. The van der Waals surface area contributed by atoms with Crippen molar-refractivity contribution in [2.75, 3.05) is 31.3 Å². The first-order valence-corrected chi connectivity index (χ1v) is 9.74. The van der Waals surface area contributed by atoms with Crippen molar-refractivity contribution in [2.45, 2.75) is 18.4 Å². The van der Waals surface area contributed by atoms with E-state index in [1.165, 1.54) is 18.7 Å². The Morgan fingerprint density at radius 2 is 2.00 bits per heavy atom. The molecule has 0 unspecified atom stereocenters. The van der Waals surface area contributed by atoms with Crippen molar-refractivity contribution in [3.8, 4) is 0 Å². The smallest absolute Gasteiger partial charge is 0.233 e. The number of carbonyl (C=O) groups is 2. The fraction of sp³-hybridized carbons (Fsp3) is 0.333. The van der Waals surface area contributed by atoms with Crippen LogP contribution in [0.1, 0.15) is 11.8 Å². The lowest BCUT2D eigenvalue weighted by atomic mass is 10.3. The van der Waals surface area contributed by atoms with Gasteiger partial charge >= 0.3 is 0 Å². The van der Waals surface area contributed by atoms with Crippen LogP contribution in [0.3, 0.4) is 0 Å². The molecule has 0 aliphatic carbocycles. The topological polar surface area (TPSA) is 58.6 Å². The van der Waals surface area contributed by atoms with E-state index in [1.54, 1.807) is 18.4 Å². The van der Waals surface area contributed by atoms with Gasteiger partial charge in [-0.2, -0.15) is 0 Å². The number of hydrogen-bond donors (Lipinski definition) is 1. The molecule has 2 amide bonds. The van der Waals surface area contributed by atoms with Gasteiger partial charge in [0.2, 0.25) is 11.8 Å². The number of methoxy groups -OCH3 is 1. The van der Waals surface area contributed by atoms with Crippen molar-refractivity contribution in [2.24, 2.45) is 0 Å². The second kappa shape index (κ2) is 10.2. The van der Waals surface area contributed by atoms with E-state index >= 15 is 0 Å². The Bertz CT molecular complexity index is 672. The van der Waals surface area contributed by atoms with Crippen molar-refractivity contribution in [3.63, 3.8) is 0 Å². The molecular formula is C18H22N2O3S2. The summed E-state index contributed by atoms with van der Waals surface area (Å²) >= 11 is 3.14. The largest absolute Gasteiger partial charge is 0.383 e. The molecule has 0 saturated heterocycles. The summed E-state index contributed by atoms with van der Waals surface area (Å²) in [7, 11) is 1.64. The van der Waals surface area contributed by atoms with E-state index in [4.69, 9.17) is 4.74 Å². The second-order valence-electron chi connectivity index (χ2n) is 5.38. The standard InChI is InChI=1S/C18H22N2O3S2/c1-14(21)19-15-5-7-16(8-6-15)25-13-18(22)20(9-10-23-2)12-17-4-3-11-24-17/h3-8,11H,9-10,12-13H2,1-2H3,(H,19,21). The highest BCUT2D eigenvalue weighted by Gasteiger charge is 2.14. The molecule has 2 aromatic rings. The van der Waals surface area contributed by atoms with Gasteiger partial charge in [0.15, 0.2) is 0 Å². The Morgan fingerprint density at radius 3 is 2.60 bits per heavy atom. The van der Waals surface area contributed by atoms with Crippen LogP contribution < -0.4 is 5.32 Å². The summed E-state index contributed by atoms with van der Waals surface area (Å²) < 4.78 is 5.12. The van der Waals surface area contributed by atoms with Gasteiger partial charge in [0.05, 0.1) is 18.9 Å². The van der Waals surface area contributed by atoms with E-state index < -0.39 is 0 Å². The number of hydrogen-bond acceptors (Lipinski definition) is 5. The van der Waals surface area contributed by atoms with Crippen LogP contribution in [0.2, 0.25) is 0 Å². The quantitative estimate of drug-likeness (QED) is 0.679. The maximum atomic E-state index is 12.6. The minimum atomic E-state index is -0.0991. The van der Waals surface area contributed by atoms with E-state index in [1.807, 2.05) is 46.7 Å². The summed E-state index contributed by atoms with van der Waals surface area (Å²) in [6.07, 6.45) is 0. The highest BCUT2D eigenvalue weighted by Crippen LogP contribution is 2.21. The van der Waals surface area contributed by atoms with Gasteiger partial charge in [-0.1, -0.05) is 6.07 Å². The van der Waals surface area contributed by atoms with Crippen molar-refractivity contribution >= 4 is 40.6 Å². The Morgan fingerprint density at radius 1 is 1.24 bits per heavy atom. The third-order valence-corrected chi connectivity index (χ3v) is 5.24. The molecule has 0 fully saturated rings. The zero-order chi connectivity index (χ0) is 18.1. The van der Waals surface area contributed by atoms with E-state index in [0.717, 1.165) is 15.5 Å². The van der Waals surface area contributed by atoms with Crippen LogP contribution in [0.5, 0.6) is 0 Å². The third kappa shape index (κ3) is 6.89. The summed E-state index contributed by atoms with van der Waals surface area (Å²) in [5.74, 6) is 0.355. The van der Waals surface area contributed by atoms with Crippen molar-refractivity contribution in [3.05, 3.63) is 46.7 Å². The first-order valence-electron chi connectivity index (χ1n) is 7.88. The number of ether oxygens (including phenoxy) is 1. The predicted octanol–water partition coefficient (Wildman–Crippen LogP) is 3.47. The minimum Gasteiger partial charge on any atom is -0.383 e. The minimum absolute atomic E-state index is 0.0846. The van der Waals surface area contributed by atoms with Crippen LogP contribution in [-0.2, 0) is 20.9 Å². The lowest BCUT2D eigenvalue weighted by Crippen LogP contribution is -2.34.